The number of aromatic nitrogens is 1. The summed E-state index contributed by atoms with van der Waals surface area (Å²) in [5, 5.41) is 0. The molecule has 1 aromatic heterocycles. The van der Waals surface area contributed by atoms with E-state index in [0.29, 0.717) is 17.1 Å². The molecule has 0 aliphatic heterocycles. The third-order valence-corrected chi connectivity index (χ3v) is 2.42. The first-order chi connectivity index (χ1) is 8.19. The number of rotatable bonds is 5. The molecule has 94 valence electrons. The van der Waals surface area contributed by atoms with Crippen LogP contribution in [-0.4, -0.2) is 38.8 Å². The Kier molecular flexibility index (Phi) is 4.71. The summed E-state index contributed by atoms with van der Waals surface area (Å²) in [5.74, 6) is -0.168. The fraction of sp³-hybridized carbons (Fsp3) is 0.455. The molecule has 0 bridgehead atoms. The average molecular weight is 240 g/mol. The molecule has 0 saturated heterocycles. The lowest BCUT2D eigenvalue weighted by Gasteiger charge is -2.18. The van der Waals surface area contributed by atoms with Gasteiger partial charge in [-0.15, -0.1) is 0 Å². The van der Waals surface area contributed by atoms with Crippen LogP contribution >= 0.6 is 0 Å². The Bertz CT molecular complexity index is 373. The molecule has 1 aromatic rings. The summed E-state index contributed by atoms with van der Waals surface area (Å²) < 4.78 is 15.0. The summed E-state index contributed by atoms with van der Waals surface area (Å²) in [5.41, 5.74) is 6.15. The minimum absolute atomic E-state index is 0.101. The molecule has 1 rings (SSSR count). The monoisotopic (exact) mass is 240 g/mol. The zero-order chi connectivity index (χ0) is 12.8. The van der Waals surface area contributed by atoms with Crippen molar-refractivity contribution in [2.75, 3.05) is 27.9 Å². The van der Waals surface area contributed by atoms with Gasteiger partial charge in [0.05, 0.1) is 39.3 Å². The maximum atomic E-state index is 11.6. The molecule has 0 amide bonds. The SMILES string of the molecule is COC(=O)C(CN)c1c(OC)cncc1OC. The van der Waals surface area contributed by atoms with Crippen LogP contribution in [0, 0.1) is 0 Å². The minimum Gasteiger partial charge on any atom is -0.495 e. The van der Waals surface area contributed by atoms with Crippen LogP contribution in [0.4, 0.5) is 0 Å². The van der Waals surface area contributed by atoms with Gasteiger partial charge >= 0.3 is 5.97 Å². The predicted octanol–water partition coefficient (Wildman–Crippen LogP) is 0.314. The van der Waals surface area contributed by atoms with Crippen molar-refractivity contribution in [3.8, 4) is 11.5 Å². The van der Waals surface area contributed by atoms with Gasteiger partial charge in [0.25, 0.3) is 0 Å². The van der Waals surface area contributed by atoms with Gasteiger partial charge in [-0.25, -0.2) is 0 Å². The summed E-state index contributed by atoms with van der Waals surface area (Å²) >= 11 is 0. The van der Waals surface area contributed by atoms with E-state index in [9.17, 15) is 4.79 Å². The van der Waals surface area contributed by atoms with Gasteiger partial charge in [0.2, 0.25) is 0 Å². The van der Waals surface area contributed by atoms with Crippen molar-refractivity contribution < 1.29 is 19.0 Å². The standard InChI is InChI=1S/C11H16N2O4/c1-15-8-5-13-6-9(16-2)10(8)7(4-12)11(14)17-3/h5-7H,4,12H2,1-3H3. The summed E-state index contributed by atoms with van der Waals surface area (Å²) in [4.78, 5) is 15.6. The summed E-state index contributed by atoms with van der Waals surface area (Å²) in [6.07, 6.45) is 3.01. The lowest BCUT2D eigenvalue weighted by Crippen LogP contribution is -2.24. The Morgan fingerprint density at radius 1 is 1.29 bits per heavy atom. The fourth-order valence-corrected chi connectivity index (χ4v) is 1.58. The molecule has 2 N–H and O–H groups in total. The van der Waals surface area contributed by atoms with Gasteiger partial charge in [-0.1, -0.05) is 0 Å². The van der Waals surface area contributed by atoms with E-state index in [2.05, 4.69) is 4.98 Å². The number of hydrogen-bond acceptors (Lipinski definition) is 6. The molecule has 0 aromatic carbocycles. The molecule has 0 spiro atoms. The third-order valence-electron chi connectivity index (χ3n) is 2.42. The van der Waals surface area contributed by atoms with Crippen molar-refractivity contribution in [2.45, 2.75) is 5.92 Å². The number of methoxy groups -OCH3 is 3. The third kappa shape index (κ3) is 2.65. The van der Waals surface area contributed by atoms with Crippen LogP contribution in [0.3, 0.4) is 0 Å². The molecule has 17 heavy (non-hydrogen) atoms. The van der Waals surface area contributed by atoms with E-state index in [4.69, 9.17) is 19.9 Å². The van der Waals surface area contributed by atoms with Gasteiger partial charge in [0.1, 0.15) is 17.4 Å². The highest BCUT2D eigenvalue weighted by Crippen LogP contribution is 2.34. The second-order valence-corrected chi connectivity index (χ2v) is 3.27. The predicted molar refractivity (Wildman–Crippen MR) is 61.2 cm³/mol. The largest absolute Gasteiger partial charge is 0.495 e. The Hall–Kier alpha value is -1.82. The van der Waals surface area contributed by atoms with Crippen LogP contribution in [0.2, 0.25) is 0 Å². The summed E-state index contributed by atoms with van der Waals surface area (Å²) in [7, 11) is 4.29. The highest BCUT2D eigenvalue weighted by molar-refractivity contribution is 5.80. The second kappa shape index (κ2) is 6.05. The average Bonchev–Trinajstić information content (AvgIpc) is 2.39. The number of hydrogen-bond donors (Lipinski definition) is 1. The van der Waals surface area contributed by atoms with Gasteiger partial charge in [-0.05, 0) is 0 Å². The molecular formula is C11H16N2O4. The number of nitrogens with zero attached hydrogens (tertiary/aromatic N) is 1. The fourth-order valence-electron chi connectivity index (χ4n) is 1.58. The first kappa shape index (κ1) is 13.2. The Labute approximate surface area is 99.7 Å². The number of nitrogens with two attached hydrogens (primary N) is 1. The maximum Gasteiger partial charge on any atom is 0.314 e. The zero-order valence-electron chi connectivity index (χ0n) is 10.1. The van der Waals surface area contributed by atoms with Crippen LogP contribution in [0.5, 0.6) is 11.5 Å². The normalized spacial score (nSPS) is 11.8. The zero-order valence-corrected chi connectivity index (χ0v) is 10.1. The van der Waals surface area contributed by atoms with E-state index in [-0.39, 0.29) is 6.54 Å². The summed E-state index contributed by atoms with van der Waals surface area (Å²) in [6.45, 7) is 0.101. The van der Waals surface area contributed by atoms with Gasteiger partial charge < -0.3 is 19.9 Å². The molecule has 1 heterocycles. The van der Waals surface area contributed by atoms with Gasteiger partial charge in [-0.3, -0.25) is 9.78 Å². The van der Waals surface area contributed by atoms with Crippen LogP contribution in [-0.2, 0) is 9.53 Å². The number of esters is 1. The topological polar surface area (TPSA) is 83.7 Å². The van der Waals surface area contributed by atoms with E-state index < -0.39 is 11.9 Å². The smallest absolute Gasteiger partial charge is 0.314 e. The molecule has 0 fully saturated rings. The molecule has 6 nitrogen and oxygen atoms in total. The Morgan fingerprint density at radius 2 is 1.82 bits per heavy atom. The molecule has 1 unspecified atom stereocenters. The maximum absolute atomic E-state index is 11.6. The molecule has 6 heteroatoms. The van der Waals surface area contributed by atoms with Gasteiger partial charge in [-0.2, -0.15) is 0 Å². The first-order valence-electron chi connectivity index (χ1n) is 5.03. The van der Waals surface area contributed by atoms with E-state index in [0.717, 1.165) is 0 Å². The van der Waals surface area contributed by atoms with Crippen molar-refractivity contribution >= 4 is 5.97 Å². The lowest BCUT2D eigenvalue weighted by atomic mass is 9.98. The number of ether oxygens (including phenoxy) is 3. The molecular weight excluding hydrogens is 224 g/mol. The van der Waals surface area contributed by atoms with Gasteiger partial charge in [0, 0.05) is 6.54 Å². The Balaban J connectivity index is 3.29. The lowest BCUT2D eigenvalue weighted by molar-refractivity contribution is -0.142. The number of pyridine rings is 1. The van der Waals surface area contributed by atoms with Crippen LogP contribution in [0.15, 0.2) is 12.4 Å². The minimum atomic E-state index is -0.632. The van der Waals surface area contributed by atoms with Crippen molar-refractivity contribution in [1.82, 2.24) is 4.98 Å². The Morgan fingerprint density at radius 3 is 2.18 bits per heavy atom. The molecule has 0 aliphatic rings. The highest BCUT2D eigenvalue weighted by atomic mass is 16.5. The van der Waals surface area contributed by atoms with Gasteiger partial charge in [0.15, 0.2) is 0 Å². The number of carbonyl (C=O) groups excluding carboxylic acids is 1. The van der Waals surface area contributed by atoms with Crippen LogP contribution in [0.25, 0.3) is 0 Å². The van der Waals surface area contributed by atoms with E-state index in [1.165, 1.54) is 33.7 Å². The van der Waals surface area contributed by atoms with Crippen molar-refractivity contribution in [3.05, 3.63) is 18.0 Å². The number of carbonyl (C=O) groups is 1. The van der Waals surface area contributed by atoms with Crippen molar-refractivity contribution in [2.24, 2.45) is 5.73 Å². The van der Waals surface area contributed by atoms with Crippen molar-refractivity contribution in [3.63, 3.8) is 0 Å². The quantitative estimate of drug-likeness (QED) is 0.746. The summed E-state index contributed by atoms with van der Waals surface area (Å²) in [6, 6.07) is 0. The molecule has 1 atom stereocenters. The van der Waals surface area contributed by atoms with E-state index >= 15 is 0 Å². The van der Waals surface area contributed by atoms with Crippen molar-refractivity contribution in [1.29, 1.82) is 0 Å². The van der Waals surface area contributed by atoms with Crippen LogP contribution < -0.4 is 15.2 Å². The molecule has 0 aliphatic carbocycles. The molecule has 0 saturated carbocycles. The second-order valence-electron chi connectivity index (χ2n) is 3.27. The van der Waals surface area contributed by atoms with Crippen LogP contribution in [0.1, 0.15) is 11.5 Å². The van der Waals surface area contributed by atoms with E-state index in [1.54, 1.807) is 0 Å². The first-order valence-corrected chi connectivity index (χ1v) is 5.03. The molecule has 0 radical (unpaired) electrons. The highest BCUT2D eigenvalue weighted by Gasteiger charge is 2.27. The van der Waals surface area contributed by atoms with E-state index in [1.807, 2.05) is 0 Å².